The van der Waals surface area contributed by atoms with E-state index in [1.54, 1.807) is 49.4 Å². The highest BCUT2D eigenvalue weighted by atomic mass is 79.9. The molecule has 0 saturated heterocycles. The van der Waals surface area contributed by atoms with Crippen LogP contribution in [0, 0.1) is 0 Å². The second-order valence-corrected chi connectivity index (χ2v) is 6.96. The van der Waals surface area contributed by atoms with Crippen LogP contribution >= 0.6 is 15.9 Å². The molecule has 0 amide bonds. The van der Waals surface area contributed by atoms with Gasteiger partial charge in [0.2, 0.25) is 0 Å². The van der Waals surface area contributed by atoms with Crippen LogP contribution in [0.25, 0.3) is 22.4 Å². The lowest BCUT2D eigenvalue weighted by atomic mass is 9.95. The summed E-state index contributed by atoms with van der Waals surface area (Å²) in [5.74, 6) is -2.49. The Labute approximate surface area is 176 Å². The second-order valence-electron chi connectivity index (χ2n) is 6.04. The number of hydrogen-bond acceptors (Lipinski definition) is 5. The van der Waals surface area contributed by atoms with Crippen molar-refractivity contribution in [2.24, 2.45) is 0 Å². The van der Waals surface area contributed by atoms with E-state index in [-0.39, 0.29) is 17.9 Å². The zero-order valence-electron chi connectivity index (χ0n) is 15.8. The Balaban J connectivity index is 2.38. The Kier molecular flexibility index (Phi) is 6.29. The summed E-state index contributed by atoms with van der Waals surface area (Å²) in [6.07, 6.45) is 0. The Hall–Kier alpha value is -3.19. The van der Waals surface area contributed by atoms with E-state index in [4.69, 9.17) is 4.74 Å². The van der Waals surface area contributed by atoms with Crippen LogP contribution in [0.4, 0.5) is 0 Å². The largest absolute Gasteiger partial charge is 0.463 e. The Morgan fingerprint density at radius 2 is 1.69 bits per heavy atom. The molecule has 7 heteroatoms. The molecule has 1 aromatic heterocycles. The number of methoxy groups -OCH3 is 1. The van der Waals surface area contributed by atoms with Crippen LogP contribution in [-0.2, 0) is 14.3 Å². The molecule has 3 rings (SSSR count). The summed E-state index contributed by atoms with van der Waals surface area (Å²) in [5, 5.41) is 0. The van der Waals surface area contributed by atoms with Crippen molar-refractivity contribution in [3.63, 3.8) is 0 Å². The summed E-state index contributed by atoms with van der Waals surface area (Å²) in [7, 11) is 1.14. The normalized spacial score (nSPS) is 10.4. The van der Waals surface area contributed by atoms with E-state index in [9.17, 15) is 14.4 Å². The van der Waals surface area contributed by atoms with Crippen molar-refractivity contribution in [1.29, 1.82) is 0 Å². The molecule has 2 aromatic carbocycles. The highest BCUT2D eigenvalue weighted by molar-refractivity contribution is 9.10. The van der Waals surface area contributed by atoms with Gasteiger partial charge in [0.1, 0.15) is 5.69 Å². The minimum Gasteiger partial charge on any atom is -0.463 e. The summed E-state index contributed by atoms with van der Waals surface area (Å²) < 4.78 is 10.6. The molecule has 0 fully saturated rings. The van der Waals surface area contributed by atoms with Crippen molar-refractivity contribution in [3.05, 3.63) is 70.3 Å². The van der Waals surface area contributed by atoms with Gasteiger partial charge in [0.25, 0.3) is 5.78 Å². The highest BCUT2D eigenvalue weighted by Gasteiger charge is 2.32. The van der Waals surface area contributed by atoms with Gasteiger partial charge in [0.15, 0.2) is 0 Å². The van der Waals surface area contributed by atoms with Crippen LogP contribution in [0.3, 0.4) is 0 Å². The maximum absolute atomic E-state index is 13.0. The molecule has 0 aliphatic heterocycles. The number of Topliss-reactive ketones (excluding diaryl/α,β-unsaturated/α-hetero) is 1. The predicted molar refractivity (Wildman–Crippen MR) is 112 cm³/mol. The van der Waals surface area contributed by atoms with Gasteiger partial charge in [-0.1, -0.05) is 58.4 Å². The van der Waals surface area contributed by atoms with Crippen LogP contribution in [0.1, 0.15) is 27.8 Å². The van der Waals surface area contributed by atoms with Crippen molar-refractivity contribution in [2.45, 2.75) is 6.92 Å². The first kappa shape index (κ1) is 20.5. The number of halogens is 1. The number of H-pyrrole nitrogens is 1. The van der Waals surface area contributed by atoms with Crippen molar-refractivity contribution in [2.75, 3.05) is 13.7 Å². The first-order chi connectivity index (χ1) is 14.0. The van der Waals surface area contributed by atoms with E-state index in [0.29, 0.717) is 22.4 Å². The number of ketones is 1. The molecule has 1 N–H and O–H groups in total. The van der Waals surface area contributed by atoms with Crippen molar-refractivity contribution >= 4 is 33.7 Å². The number of nitrogens with one attached hydrogen (secondary N) is 1. The number of aromatic amines is 1. The fourth-order valence-electron chi connectivity index (χ4n) is 3.03. The summed E-state index contributed by atoms with van der Waals surface area (Å²) in [6, 6.07) is 16.1. The predicted octanol–water partition coefficient (Wildman–Crippen LogP) is 4.64. The number of ether oxygens (including phenoxy) is 2. The highest BCUT2D eigenvalue weighted by Crippen LogP contribution is 2.37. The van der Waals surface area contributed by atoms with Gasteiger partial charge in [-0.2, -0.15) is 0 Å². The topological polar surface area (TPSA) is 85.5 Å². The summed E-state index contributed by atoms with van der Waals surface area (Å²) in [6.45, 7) is 1.86. The molecule has 0 saturated carbocycles. The molecule has 0 bridgehead atoms. The maximum Gasteiger partial charge on any atom is 0.379 e. The fourth-order valence-corrected chi connectivity index (χ4v) is 3.43. The maximum atomic E-state index is 13.0. The molecule has 6 nitrogen and oxygen atoms in total. The number of carbonyl (C=O) groups excluding carboxylic acids is 3. The molecule has 0 unspecified atom stereocenters. The van der Waals surface area contributed by atoms with Gasteiger partial charge in [-0.3, -0.25) is 4.79 Å². The number of aromatic nitrogens is 1. The Morgan fingerprint density at radius 1 is 1.00 bits per heavy atom. The average molecular weight is 456 g/mol. The second kappa shape index (κ2) is 8.87. The molecular weight excluding hydrogens is 438 g/mol. The quantitative estimate of drug-likeness (QED) is 0.332. The number of esters is 2. The Bertz CT molecular complexity index is 1070. The van der Waals surface area contributed by atoms with Crippen LogP contribution < -0.4 is 0 Å². The zero-order chi connectivity index (χ0) is 21.0. The molecule has 0 atom stereocenters. The number of carbonyl (C=O) groups is 3. The standard InChI is InChI=1S/C22H18BrNO5/c1-3-29-21(26)19-16(13-8-5-4-6-9-13)17(20(25)22(27)28-2)18(24-19)14-10-7-11-15(23)12-14/h4-12,24H,3H2,1-2H3. The minimum absolute atomic E-state index is 0.0594. The first-order valence-corrected chi connectivity index (χ1v) is 9.64. The van der Waals surface area contributed by atoms with E-state index in [1.165, 1.54) is 0 Å². The third-order valence-electron chi connectivity index (χ3n) is 4.25. The molecule has 3 aromatic rings. The minimum atomic E-state index is -1.02. The lowest BCUT2D eigenvalue weighted by Crippen LogP contribution is -2.17. The zero-order valence-corrected chi connectivity index (χ0v) is 17.4. The van der Waals surface area contributed by atoms with Crippen LogP contribution in [0.15, 0.2) is 59.1 Å². The molecular formula is C22H18BrNO5. The van der Waals surface area contributed by atoms with Gasteiger partial charge in [0, 0.05) is 10.0 Å². The summed E-state index contributed by atoms with van der Waals surface area (Å²) in [4.78, 5) is 40.8. The monoisotopic (exact) mass is 455 g/mol. The lowest BCUT2D eigenvalue weighted by molar-refractivity contribution is -0.135. The molecule has 1 heterocycles. The van der Waals surface area contributed by atoms with Gasteiger partial charge >= 0.3 is 11.9 Å². The fraction of sp³-hybridized carbons (Fsp3) is 0.136. The van der Waals surface area contributed by atoms with Gasteiger partial charge in [0.05, 0.1) is 25.0 Å². The third-order valence-corrected chi connectivity index (χ3v) is 4.75. The number of hydrogen-bond donors (Lipinski definition) is 1. The molecule has 148 valence electrons. The van der Waals surface area contributed by atoms with Crippen molar-refractivity contribution < 1.29 is 23.9 Å². The van der Waals surface area contributed by atoms with E-state index in [0.717, 1.165) is 11.6 Å². The lowest BCUT2D eigenvalue weighted by Gasteiger charge is -2.08. The number of rotatable bonds is 6. The molecule has 0 aliphatic carbocycles. The third kappa shape index (κ3) is 4.14. The summed E-state index contributed by atoms with van der Waals surface area (Å²) >= 11 is 3.41. The average Bonchev–Trinajstić information content (AvgIpc) is 3.14. The van der Waals surface area contributed by atoms with E-state index >= 15 is 0 Å². The smallest absolute Gasteiger partial charge is 0.379 e. The van der Waals surface area contributed by atoms with Gasteiger partial charge in [-0.15, -0.1) is 0 Å². The van der Waals surface area contributed by atoms with E-state index in [2.05, 4.69) is 25.7 Å². The molecule has 29 heavy (non-hydrogen) atoms. The van der Waals surface area contributed by atoms with E-state index in [1.807, 2.05) is 12.1 Å². The van der Waals surface area contributed by atoms with Crippen LogP contribution in [0.2, 0.25) is 0 Å². The SMILES string of the molecule is CCOC(=O)c1[nH]c(-c2cccc(Br)c2)c(C(=O)C(=O)OC)c1-c1ccccc1. The van der Waals surface area contributed by atoms with Crippen molar-refractivity contribution in [1.82, 2.24) is 4.98 Å². The molecule has 0 aliphatic rings. The molecule has 0 spiro atoms. The van der Waals surface area contributed by atoms with Crippen LogP contribution in [0.5, 0.6) is 0 Å². The van der Waals surface area contributed by atoms with Crippen molar-refractivity contribution in [3.8, 4) is 22.4 Å². The van der Waals surface area contributed by atoms with E-state index < -0.39 is 17.7 Å². The van der Waals surface area contributed by atoms with Gasteiger partial charge in [-0.25, -0.2) is 9.59 Å². The van der Waals surface area contributed by atoms with Gasteiger partial charge in [-0.05, 0) is 30.2 Å². The first-order valence-electron chi connectivity index (χ1n) is 8.85. The van der Waals surface area contributed by atoms with Gasteiger partial charge < -0.3 is 14.5 Å². The Morgan fingerprint density at radius 3 is 2.31 bits per heavy atom. The summed E-state index contributed by atoms with van der Waals surface area (Å²) in [5.41, 5.74) is 2.02. The van der Waals surface area contributed by atoms with Crippen LogP contribution in [-0.4, -0.2) is 36.4 Å². The molecule has 0 radical (unpaired) electrons. The number of benzene rings is 2.